The number of hydrogen-bond acceptors (Lipinski definition) is 6. The summed E-state index contributed by atoms with van der Waals surface area (Å²) in [4.78, 5) is 19.0. The van der Waals surface area contributed by atoms with Crippen molar-refractivity contribution in [2.75, 3.05) is 24.7 Å². The van der Waals surface area contributed by atoms with E-state index in [0.717, 1.165) is 16.8 Å². The minimum atomic E-state index is -3.04. The van der Waals surface area contributed by atoms with Crippen molar-refractivity contribution < 1.29 is 22.8 Å². The van der Waals surface area contributed by atoms with E-state index in [2.05, 4.69) is 10.5 Å². The standard InChI is InChI=1S/C21H28N2O5S/c1-15-4-2-3-5-18(15)19-12-17(28-23-19)13-21(7-9-27-10-8-21)20(24)22-16-6-11-29(25,26)14-16/h2-5,16-17H,6-14H2,1H3,(H,22,24). The average molecular weight is 421 g/mol. The van der Waals surface area contributed by atoms with Gasteiger partial charge in [-0.15, -0.1) is 0 Å². The van der Waals surface area contributed by atoms with Gasteiger partial charge in [0.1, 0.15) is 6.10 Å². The smallest absolute Gasteiger partial charge is 0.226 e. The number of sulfone groups is 1. The molecule has 0 aromatic heterocycles. The molecule has 3 aliphatic heterocycles. The lowest BCUT2D eigenvalue weighted by molar-refractivity contribution is -0.140. The molecule has 2 fully saturated rings. The zero-order valence-corrected chi connectivity index (χ0v) is 17.5. The molecule has 0 radical (unpaired) electrons. The first kappa shape index (κ1) is 20.3. The van der Waals surface area contributed by atoms with Gasteiger partial charge in [-0.3, -0.25) is 4.79 Å². The summed E-state index contributed by atoms with van der Waals surface area (Å²) in [5, 5.41) is 7.31. The zero-order chi connectivity index (χ0) is 20.5. The summed E-state index contributed by atoms with van der Waals surface area (Å²) in [6, 6.07) is 7.78. The summed E-state index contributed by atoms with van der Waals surface area (Å²) >= 11 is 0. The predicted octanol–water partition coefficient (Wildman–Crippen LogP) is 1.98. The van der Waals surface area contributed by atoms with Gasteiger partial charge in [0.15, 0.2) is 9.84 Å². The number of nitrogens with zero attached hydrogens (tertiary/aromatic N) is 1. The number of carbonyl (C=O) groups excluding carboxylic acids is 1. The SMILES string of the molecule is Cc1ccccc1C1=NOC(CC2(C(=O)NC3CCS(=O)(=O)C3)CCOCC2)C1. The molecule has 1 amide bonds. The lowest BCUT2D eigenvalue weighted by Crippen LogP contribution is -2.50. The van der Waals surface area contributed by atoms with Crippen LogP contribution >= 0.6 is 0 Å². The minimum Gasteiger partial charge on any atom is -0.392 e. The maximum absolute atomic E-state index is 13.2. The van der Waals surface area contributed by atoms with Crippen LogP contribution in [0.2, 0.25) is 0 Å². The molecule has 1 aromatic carbocycles. The van der Waals surface area contributed by atoms with E-state index in [1.54, 1.807) is 0 Å². The molecule has 0 saturated carbocycles. The molecule has 4 rings (SSSR count). The van der Waals surface area contributed by atoms with Gasteiger partial charge in [0.25, 0.3) is 0 Å². The summed E-state index contributed by atoms with van der Waals surface area (Å²) in [5.74, 6) is 0.106. The van der Waals surface area contributed by atoms with Crippen molar-refractivity contribution in [3.63, 3.8) is 0 Å². The van der Waals surface area contributed by atoms with E-state index >= 15 is 0 Å². The zero-order valence-electron chi connectivity index (χ0n) is 16.7. The molecular formula is C21H28N2O5S. The second kappa shape index (κ2) is 8.07. The van der Waals surface area contributed by atoms with Crippen LogP contribution in [0, 0.1) is 12.3 Å². The van der Waals surface area contributed by atoms with Gasteiger partial charge in [-0.05, 0) is 31.7 Å². The Morgan fingerprint density at radius 2 is 2.03 bits per heavy atom. The first-order valence-electron chi connectivity index (χ1n) is 10.2. The van der Waals surface area contributed by atoms with Crippen LogP contribution in [0.4, 0.5) is 0 Å². The number of ether oxygens (including phenoxy) is 1. The molecule has 8 heteroatoms. The van der Waals surface area contributed by atoms with E-state index in [9.17, 15) is 13.2 Å². The van der Waals surface area contributed by atoms with Gasteiger partial charge in [-0.25, -0.2) is 8.42 Å². The topological polar surface area (TPSA) is 94.1 Å². The molecule has 158 valence electrons. The maximum atomic E-state index is 13.2. The quantitative estimate of drug-likeness (QED) is 0.786. The van der Waals surface area contributed by atoms with E-state index in [0.29, 0.717) is 45.3 Å². The lowest BCUT2D eigenvalue weighted by Gasteiger charge is -2.37. The maximum Gasteiger partial charge on any atom is 0.226 e. The predicted molar refractivity (Wildman–Crippen MR) is 110 cm³/mol. The molecule has 7 nitrogen and oxygen atoms in total. The second-order valence-corrected chi connectivity index (χ2v) is 10.7. The third-order valence-corrected chi connectivity index (χ3v) is 8.07. The Labute approximate surface area is 171 Å². The largest absolute Gasteiger partial charge is 0.392 e. The van der Waals surface area contributed by atoms with Crippen molar-refractivity contribution in [1.82, 2.24) is 5.32 Å². The number of rotatable bonds is 5. The monoisotopic (exact) mass is 420 g/mol. The number of aryl methyl sites for hydroxylation is 1. The van der Waals surface area contributed by atoms with E-state index in [4.69, 9.17) is 9.57 Å². The van der Waals surface area contributed by atoms with Gasteiger partial charge in [0.05, 0.1) is 22.6 Å². The summed E-state index contributed by atoms with van der Waals surface area (Å²) in [5.41, 5.74) is 2.54. The molecule has 2 saturated heterocycles. The fraction of sp³-hybridized carbons (Fsp3) is 0.619. The van der Waals surface area contributed by atoms with Crippen LogP contribution in [0.5, 0.6) is 0 Å². The number of hydrogen-bond donors (Lipinski definition) is 1. The minimum absolute atomic E-state index is 0.0335. The van der Waals surface area contributed by atoms with Crippen LogP contribution in [-0.4, -0.2) is 56.9 Å². The van der Waals surface area contributed by atoms with Crippen LogP contribution in [0.15, 0.2) is 29.4 Å². The number of nitrogens with one attached hydrogen (secondary N) is 1. The molecule has 1 N–H and O–H groups in total. The van der Waals surface area contributed by atoms with Crippen LogP contribution in [0.1, 0.15) is 43.2 Å². The highest BCUT2D eigenvalue weighted by Gasteiger charge is 2.45. The fourth-order valence-electron chi connectivity index (χ4n) is 4.56. The number of oxime groups is 1. The van der Waals surface area contributed by atoms with Gasteiger partial charge in [-0.1, -0.05) is 29.4 Å². The lowest BCUT2D eigenvalue weighted by atomic mass is 9.74. The van der Waals surface area contributed by atoms with Crippen molar-refractivity contribution in [3.05, 3.63) is 35.4 Å². The Morgan fingerprint density at radius 3 is 2.72 bits per heavy atom. The van der Waals surface area contributed by atoms with Crippen molar-refractivity contribution in [2.24, 2.45) is 10.6 Å². The summed E-state index contributed by atoms with van der Waals surface area (Å²) < 4.78 is 29.0. The Morgan fingerprint density at radius 1 is 1.28 bits per heavy atom. The first-order chi connectivity index (χ1) is 13.9. The molecule has 3 heterocycles. The highest BCUT2D eigenvalue weighted by molar-refractivity contribution is 7.91. The first-order valence-corrected chi connectivity index (χ1v) is 12.1. The molecule has 2 atom stereocenters. The van der Waals surface area contributed by atoms with Crippen LogP contribution in [0.3, 0.4) is 0 Å². The molecule has 0 bridgehead atoms. The third kappa shape index (κ3) is 4.48. The average Bonchev–Trinajstić information content (AvgIpc) is 3.28. The van der Waals surface area contributed by atoms with E-state index < -0.39 is 15.3 Å². The van der Waals surface area contributed by atoms with Gasteiger partial charge < -0.3 is 14.9 Å². The Hall–Kier alpha value is -1.93. The second-order valence-electron chi connectivity index (χ2n) is 8.45. The number of benzene rings is 1. The van der Waals surface area contributed by atoms with Crippen LogP contribution in [-0.2, 0) is 24.2 Å². The van der Waals surface area contributed by atoms with Gasteiger partial charge >= 0.3 is 0 Å². The van der Waals surface area contributed by atoms with E-state index in [-0.39, 0.29) is 29.6 Å². The van der Waals surface area contributed by atoms with Crippen LogP contribution in [0.25, 0.3) is 0 Å². The Kier molecular flexibility index (Phi) is 5.66. The van der Waals surface area contributed by atoms with Crippen LogP contribution < -0.4 is 5.32 Å². The highest BCUT2D eigenvalue weighted by atomic mass is 32.2. The third-order valence-electron chi connectivity index (χ3n) is 6.31. The van der Waals surface area contributed by atoms with Crippen molar-refractivity contribution in [1.29, 1.82) is 0 Å². The Balaban J connectivity index is 1.44. The fourth-order valence-corrected chi connectivity index (χ4v) is 6.24. The summed E-state index contributed by atoms with van der Waals surface area (Å²) in [6.45, 7) is 3.09. The molecular weight excluding hydrogens is 392 g/mol. The van der Waals surface area contributed by atoms with Gasteiger partial charge in [-0.2, -0.15) is 0 Å². The molecule has 0 spiro atoms. The van der Waals surface area contributed by atoms with Gasteiger partial charge in [0.2, 0.25) is 5.91 Å². The number of amides is 1. The van der Waals surface area contributed by atoms with Gasteiger partial charge in [0, 0.05) is 37.7 Å². The number of carbonyl (C=O) groups is 1. The Bertz CT molecular complexity index is 905. The molecule has 1 aromatic rings. The summed E-state index contributed by atoms with van der Waals surface area (Å²) in [6.07, 6.45) is 2.76. The van der Waals surface area contributed by atoms with E-state index in [1.165, 1.54) is 0 Å². The highest BCUT2D eigenvalue weighted by Crippen LogP contribution is 2.39. The molecule has 3 aliphatic rings. The van der Waals surface area contributed by atoms with Crippen molar-refractivity contribution in [2.45, 2.75) is 51.2 Å². The molecule has 0 aliphatic carbocycles. The summed E-state index contributed by atoms with van der Waals surface area (Å²) in [7, 11) is -3.04. The van der Waals surface area contributed by atoms with E-state index in [1.807, 2.05) is 31.2 Å². The van der Waals surface area contributed by atoms with Crippen molar-refractivity contribution >= 4 is 21.5 Å². The molecule has 29 heavy (non-hydrogen) atoms. The molecule has 2 unspecified atom stereocenters. The normalized spacial score (nSPS) is 27.8. The van der Waals surface area contributed by atoms with Crippen molar-refractivity contribution in [3.8, 4) is 0 Å².